The molecule has 0 aromatic heterocycles. The molecule has 0 saturated carbocycles. The lowest BCUT2D eigenvalue weighted by atomic mass is 10.3. The number of rotatable bonds is 6. The summed E-state index contributed by atoms with van der Waals surface area (Å²) in [6, 6.07) is 0. The monoisotopic (exact) mass is 319 g/mol. The van der Waals surface area contributed by atoms with Crippen LogP contribution >= 0.6 is 12.4 Å². The van der Waals surface area contributed by atoms with Crippen LogP contribution in [-0.4, -0.2) is 74.4 Å². The maximum atomic E-state index is 11.8. The highest BCUT2D eigenvalue weighted by atomic mass is 35.5. The van der Waals surface area contributed by atoms with Crippen LogP contribution in [0.4, 0.5) is 13.2 Å². The van der Waals surface area contributed by atoms with E-state index in [0.29, 0.717) is 26.1 Å². The Hall–Kier alpha value is -0.570. The van der Waals surface area contributed by atoms with Crippen molar-refractivity contribution < 1.29 is 22.7 Å². The molecule has 120 valence electrons. The van der Waals surface area contributed by atoms with Crippen molar-refractivity contribution in [3.63, 3.8) is 0 Å². The zero-order chi connectivity index (χ0) is 14.3. The summed E-state index contributed by atoms with van der Waals surface area (Å²) in [5.74, 6) is -0.0619. The van der Waals surface area contributed by atoms with Crippen LogP contribution in [0.2, 0.25) is 0 Å². The summed E-state index contributed by atoms with van der Waals surface area (Å²) in [5.41, 5.74) is 5.27. The first-order chi connectivity index (χ1) is 8.92. The molecule has 0 atom stereocenters. The highest BCUT2D eigenvalue weighted by Gasteiger charge is 2.27. The van der Waals surface area contributed by atoms with Crippen LogP contribution in [0.5, 0.6) is 0 Å². The van der Waals surface area contributed by atoms with Crippen LogP contribution in [0.25, 0.3) is 0 Å². The van der Waals surface area contributed by atoms with Crippen molar-refractivity contribution >= 4 is 18.3 Å². The highest BCUT2D eigenvalue weighted by Crippen LogP contribution is 2.14. The molecule has 1 saturated heterocycles. The molecule has 0 bridgehead atoms. The standard InChI is InChI=1S/C11H20F3N3O2.ClH/c12-11(13,14)9-19-7-1-2-16-3-5-17(6-4-16)10(18)8-15;/h1-9,15H2;1H. The van der Waals surface area contributed by atoms with E-state index in [4.69, 9.17) is 5.73 Å². The SMILES string of the molecule is Cl.NCC(=O)N1CCN(CCCOCC(F)(F)F)CC1. The average molecular weight is 320 g/mol. The van der Waals surface area contributed by atoms with Gasteiger partial charge < -0.3 is 15.4 Å². The van der Waals surface area contributed by atoms with Crippen molar-refractivity contribution in [1.29, 1.82) is 0 Å². The maximum Gasteiger partial charge on any atom is 0.411 e. The number of carbonyl (C=O) groups excluding carboxylic acids is 1. The lowest BCUT2D eigenvalue weighted by molar-refractivity contribution is -0.174. The minimum absolute atomic E-state index is 0. The number of hydrogen-bond acceptors (Lipinski definition) is 4. The van der Waals surface area contributed by atoms with Crippen molar-refractivity contribution in [2.24, 2.45) is 5.73 Å². The molecule has 1 aliphatic heterocycles. The topological polar surface area (TPSA) is 58.8 Å². The Morgan fingerprint density at radius 2 is 1.80 bits per heavy atom. The first-order valence-corrected chi connectivity index (χ1v) is 6.27. The first-order valence-electron chi connectivity index (χ1n) is 6.27. The van der Waals surface area contributed by atoms with Gasteiger partial charge in [-0.3, -0.25) is 9.69 Å². The Bertz CT molecular complexity index is 285. The summed E-state index contributed by atoms with van der Waals surface area (Å²) in [4.78, 5) is 15.1. The van der Waals surface area contributed by atoms with Gasteiger partial charge in [-0.05, 0) is 6.42 Å². The number of piperazine rings is 1. The molecule has 20 heavy (non-hydrogen) atoms. The zero-order valence-corrected chi connectivity index (χ0v) is 12.0. The highest BCUT2D eigenvalue weighted by molar-refractivity contribution is 5.85. The van der Waals surface area contributed by atoms with Crippen LogP contribution in [0, 0.1) is 0 Å². The molecule has 1 fully saturated rings. The summed E-state index contributed by atoms with van der Waals surface area (Å²) in [7, 11) is 0. The number of hydrogen-bond donors (Lipinski definition) is 1. The van der Waals surface area contributed by atoms with E-state index in [9.17, 15) is 18.0 Å². The van der Waals surface area contributed by atoms with Gasteiger partial charge in [-0.1, -0.05) is 0 Å². The molecule has 1 heterocycles. The predicted molar refractivity (Wildman–Crippen MR) is 70.8 cm³/mol. The van der Waals surface area contributed by atoms with Gasteiger partial charge in [-0.2, -0.15) is 13.2 Å². The summed E-state index contributed by atoms with van der Waals surface area (Å²) in [5, 5.41) is 0. The number of nitrogens with zero attached hydrogens (tertiary/aromatic N) is 2. The second-order valence-electron chi connectivity index (χ2n) is 4.45. The van der Waals surface area contributed by atoms with Gasteiger partial charge in [0.15, 0.2) is 0 Å². The number of halogens is 4. The summed E-state index contributed by atoms with van der Waals surface area (Å²) in [6.07, 6.45) is -3.70. The Morgan fingerprint density at radius 1 is 1.20 bits per heavy atom. The molecule has 0 aromatic carbocycles. The number of ether oxygens (including phenoxy) is 1. The molecule has 1 amide bonds. The van der Waals surface area contributed by atoms with Gasteiger partial charge in [-0.15, -0.1) is 12.4 Å². The van der Waals surface area contributed by atoms with Crippen LogP contribution < -0.4 is 5.73 Å². The van der Waals surface area contributed by atoms with Gasteiger partial charge >= 0.3 is 6.18 Å². The number of nitrogens with two attached hydrogens (primary N) is 1. The van der Waals surface area contributed by atoms with Gasteiger partial charge in [0.25, 0.3) is 0 Å². The van der Waals surface area contributed by atoms with E-state index in [0.717, 1.165) is 13.1 Å². The third-order valence-corrected chi connectivity index (χ3v) is 2.93. The molecule has 0 aromatic rings. The Balaban J connectivity index is 0.00000361. The molecule has 1 aliphatic rings. The van der Waals surface area contributed by atoms with Crippen LogP contribution in [-0.2, 0) is 9.53 Å². The molecular weight excluding hydrogens is 299 g/mol. The quantitative estimate of drug-likeness (QED) is 0.724. The Kier molecular flexibility index (Phi) is 9.11. The third-order valence-electron chi connectivity index (χ3n) is 2.93. The van der Waals surface area contributed by atoms with Crippen molar-refractivity contribution in [3.8, 4) is 0 Å². The van der Waals surface area contributed by atoms with E-state index in [-0.39, 0.29) is 31.5 Å². The van der Waals surface area contributed by atoms with E-state index in [1.54, 1.807) is 4.90 Å². The normalized spacial score (nSPS) is 16.9. The van der Waals surface area contributed by atoms with Gasteiger partial charge in [0.1, 0.15) is 6.61 Å². The molecule has 1 rings (SSSR count). The minimum atomic E-state index is -4.26. The zero-order valence-electron chi connectivity index (χ0n) is 11.2. The van der Waals surface area contributed by atoms with E-state index in [1.807, 2.05) is 0 Å². The van der Waals surface area contributed by atoms with E-state index in [2.05, 4.69) is 9.64 Å². The minimum Gasteiger partial charge on any atom is -0.372 e. The van der Waals surface area contributed by atoms with Crippen molar-refractivity contribution in [3.05, 3.63) is 0 Å². The molecule has 0 radical (unpaired) electrons. The van der Waals surface area contributed by atoms with Gasteiger partial charge in [0.05, 0.1) is 6.54 Å². The van der Waals surface area contributed by atoms with Crippen LogP contribution in [0.15, 0.2) is 0 Å². The summed E-state index contributed by atoms with van der Waals surface area (Å²) < 4.78 is 40.0. The lowest BCUT2D eigenvalue weighted by Crippen LogP contribution is -2.50. The average Bonchev–Trinajstić information content (AvgIpc) is 2.37. The molecule has 0 unspecified atom stereocenters. The maximum absolute atomic E-state index is 11.8. The van der Waals surface area contributed by atoms with Crippen LogP contribution in [0.1, 0.15) is 6.42 Å². The molecule has 0 spiro atoms. The van der Waals surface area contributed by atoms with E-state index < -0.39 is 12.8 Å². The third kappa shape index (κ3) is 7.88. The molecular formula is C11H21ClF3N3O2. The molecule has 0 aliphatic carbocycles. The van der Waals surface area contributed by atoms with Crippen molar-refractivity contribution in [2.75, 3.05) is 52.5 Å². The second-order valence-corrected chi connectivity index (χ2v) is 4.45. The number of amides is 1. The van der Waals surface area contributed by atoms with E-state index in [1.165, 1.54) is 0 Å². The largest absolute Gasteiger partial charge is 0.411 e. The predicted octanol–water partition coefficient (Wildman–Crippen LogP) is 0.480. The molecule has 2 N–H and O–H groups in total. The van der Waals surface area contributed by atoms with Crippen molar-refractivity contribution in [2.45, 2.75) is 12.6 Å². The van der Waals surface area contributed by atoms with E-state index >= 15 is 0 Å². The molecule has 5 nitrogen and oxygen atoms in total. The molecule has 9 heteroatoms. The fourth-order valence-corrected chi connectivity index (χ4v) is 1.93. The number of carbonyl (C=O) groups is 1. The fraction of sp³-hybridized carbons (Fsp3) is 0.909. The van der Waals surface area contributed by atoms with Gasteiger partial charge in [-0.25, -0.2) is 0 Å². The summed E-state index contributed by atoms with van der Waals surface area (Å²) in [6.45, 7) is 2.32. The second kappa shape index (κ2) is 9.38. The van der Waals surface area contributed by atoms with Crippen LogP contribution in [0.3, 0.4) is 0 Å². The first kappa shape index (κ1) is 19.4. The van der Waals surface area contributed by atoms with Crippen molar-refractivity contribution in [1.82, 2.24) is 9.80 Å². The fourth-order valence-electron chi connectivity index (χ4n) is 1.93. The number of alkyl halides is 3. The Morgan fingerprint density at radius 3 is 2.30 bits per heavy atom. The van der Waals surface area contributed by atoms with Gasteiger partial charge in [0.2, 0.25) is 5.91 Å². The Labute approximate surface area is 122 Å². The lowest BCUT2D eigenvalue weighted by Gasteiger charge is -2.34. The van der Waals surface area contributed by atoms with Gasteiger partial charge in [0, 0.05) is 39.3 Å². The summed E-state index contributed by atoms with van der Waals surface area (Å²) >= 11 is 0. The smallest absolute Gasteiger partial charge is 0.372 e.